The highest BCUT2D eigenvalue weighted by Crippen LogP contribution is 2.34. The average molecular weight is 388 g/mol. The molecule has 0 radical (unpaired) electrons. The van der Waals surface area contributed by atoms with Gasteiger partial charge < -0.3 is 19.6 Å². The summed E-state index contributed by atoms with van der Waals surface area (Å²) in [4.78, 5) is 39.9. The Hall–Kier alpha value is -2.41. The summed E-state index contributed by atoms with van der Waals surface area (Å²) in [5.74, 6) is -2.01. The van der Waals surface area contributed by atoms with Gasteiger partial charge in [0.2, 0.25) is 11.8 Å². The van der Waals surface area contributed by atoms with Gasteiger partial charge in [-0.05, 0) is 31.2 Å². The van der Waals surface area contributed by atoms with Gasteiger partial charge in [-0.1, -0.05) is 30.3 Å². The van der Waals surface area contributed by atoms with Crippen molar-refractivity contribution in [3.05, 3.63) is 35.9 Å². The van der Waals surface area contributed by atoms with Gasteiger partial charge in [-0.2, -0.15) is 0 Å². The number of carboxylic acid groups (broad SMARTS) is 1. The van der Waals surface area contributed by atoms with Crippen LogP contribution in [0.5, 0.6) is 0 Å². The van der Waals surface area contributed by atoms with Gasteiger partial charge in [0.05, 0.1) is 24.5 Å². The number of carbonyl (C=O) groups is 3. The molecule has 2 amide bonds. The fourth-order valence-electron chi connectivity index (χ4n) is 4.07. The molecule has 3 rings (SSSR count). The molecule has 2 aliphatic heterocycles. The third-order valence-electron chi connectivity index (χ3n) is 5.64. The van der Waals surface area contributed by atoms with Crippen molar-refractivity contribution < 1.29 is 24.2 Å². The SMILES string of the molecule is CN(CC(=O)N1CCCC(C(=O)O)C1)C(=O)C1CCCOC1c1ccccc1. The summed E-state index contributed by atoms with van der Waals surface area (Å²) in [6.45, 7) is 1.35. The predicted molar refractivity (Wildman–Crippen MR) is 102 cm³/mol. The number of ether oxygens (including phenoxy) is 1. The summed E-state index contributed by atoms with van der Waals surface area (Å²) in [6, 6.07) is 9.70. The summed E-state index contributed by atoms with van der Waals surface area (Å²) in [7, 11) is 1.63. The molecular formula is C21H28N2O5. The maximum absolute atomic E-state index is 13.1. The summed E-state index contributed by atoms with van der Waals surface area (Å²) >= 11 is 0. The number of piperidine rings is 1. The Kier molecular flexibility index (Phi) is 6.67. The number of aliphatic carboxylic acids is 1. The van der Waals surface area contributed by atoms with Crippen LogP contribution in [0.4, 0.5) is 0 Å². The molecular weight excluding hydrogens is 360 g/mol. The van der Waals surface area contributed by atoms with Crippen LogP contribution in [-0.4, -0.2) is 66.0 Å². The first-order valence-electron chi connectivity index (χ1n) is 9.89. The monoisotopic (exact) mass is 388 g/mol. The van der Waals surface area contributed by atoms with E-state index in [9.17, 15) is 19.5 Å². The number of hydrogen-bond acceptors (Lipinski definition) is 4. The highest BCUT2D eigenvalue weighted by atomic mass is 16.5. The lowest BCUT2D eigenvalue weighted by Gasteiger charge is -2.35. The van der Waals surface area contributed by atoms with Gasteiger partial charge in [0.15, 0.2) is 0 Å². The molecule has 0 aliphatic carbocycles. The number of nitrogens with zero attached hydrogens (tertiary/aromatic N) is 2. The lowest BCUT2D eigenvalue weighted by molar-refractivity contribution is -0.151. The first kappa shape index (κ1) is 20.3. The second kappa shape index (κ2) is 9.19. The minimum absolute atomic E-state index is 0.0385. The van der Waals surface area contributed by atoms with Crippen molar-refractivity contribution in [1.29, 1.82) is 0 Å². The molecule has 0 spiro atoms. The topological polar surface area (TPSA) is 87.2 Å². The molecule has 1 aromatic carbocycles. The van der Waals surface area contributed by atoms with E-state index in [4.69, 9.17) is 4.74 Å². The fourth-order valence-corrected chi connectivity index (χ4v) is 4.07. The number of amides is 2. The van der Waals surface area contributed by atoms with Crippen molar-refractivity contribution in [2.45, 2.75) is 31.8 Å². The van der Waals surface area contributed by atoms with Crippen LogP contribution < -0.4 is 0 Å². The smallest absolute Gasteiger partial charge is 0.308 e. The van der Waals surface area contributed by atoms with Gasteiger partial charge in [-0.15, -0.1) is 0 Å². The van der Waals surface area contributed by atoms with Crippen molar-refractivity contribution in [1.82, 2.24) is 9.80 Å². The Morgan fingerprint density at radius 2 is 1.93 bits per heavy atom. The van der Waals surface area contributed by atoms with Crippen LogP contribution in [0.2, 0.25) is 0 Å². The van der Waals surface area contributed by atoms with E-state index in [0.29, 0.717) is 26.0 Å². The van der Waals surface area contributed by atoms with Crippen LogP contribution in [0.25, 0.3) is 0 Å². The standard InChI is InChI=1S/C21H28N2O5/c1-22(14-18(24)23-11-5-9-16(13-23)21(26)27)20(25)17-10-6-12-28-19(17)15-7-3-2-4-8-15/h2-4,7-8,16-17,19H,5-6,9-14H2,1H3,(H,26,27). The molecule has 152 valence electrons. The number of rotatable bonds is 5. The predicted octanol–water partition coefficient (Wildman–Crippen LogP) is 1.94. The molecule has 7 nitrogen and oxygen atoms in total. The number of hydrogen-bond donors (Lipinski definition) is 1. The van der Waals surface area contributed by atoms with Gasteiger partial charge in [-0.3, -0.25) is 14.4 Å². The van der Waals surface area contributed by atoms with Crippen LogP contribution in [0.1, 0.15) is 37.4 Å². The molecule has 1 N–H and O–H groups in total. The zero-order valence-corrected chi connectivity index (χ0v) is 16.3. The summed E-state index contributed by atoms with van der Waals surface area (Å²) in [5.41, 5.74) is 0.973. The molecule has 2 heterocycles. The highest BCUT2D eigenvalue weighted by Gasteiger charge is 2.36. The van der Waals surface area contributed by atoms with Crippen LogP contribution in [0, 0.1) is 11.8 Å². The molecule has 2 saturated heterocycles. The van der Waals surface area contributed by atoms with E-state index in [-0.39, 0.29) is 36.9 Å². The first-order chi connectivity index (χ1) is 13.5. The molecule has 0 aromatic heterocycles. The third kappa shape index (κ3) is 4.70. The minimum atomic E-state index is -0.869. The van der Waals surface area contributed by atoms with Crippen LogP contribution in [0.15, 0.2) is 30.3 Å². The number of likely N-dealkylation sites (N-methyl/N-ethyl adjacent to an activating group) is 1. The van der Waals surface area contributed by atoms with E-state index in [1.807, 2.05) is 30.3 Å². The van der Waals surface area contributed by atoms with Gasteiger partial charge in [0, 0.05) is 26.7 Å². The quantitative estimate of drug-likeness (QED) is 0.833. The molecule has 3 atom stereocenters. The molecule has 28 heavy (non-hydrogen) atoms. The zero-order chi connectivity index (χ0) is 20.1. The van der Waals surface area contributed by atoms with E-state index in [2.05, 4.69) is 0 Å². The lowest BCUT2D eigenvalue weighted by Crippen LogP contribution is -2.48. The maximum Gasteiger partial charge on any atom is 0.308 e. The van der Waals surface area contributed by atoms with E-state index >= 15 is 0 Å². The Morgan fingerprint density at radius 3 is 2.64 bits per heavy atom. The molecule has 7 heteroatoms. The van der Waals surface area contributed by atoms with E-state index in [1.165, 1.54) is 4.90 Å². The molecule has 0 bridgehead atoms. The largest absolute Gasteiger partial charge is 0.481 e. The third-order valence-corrected chi connectivity index (χ3v) is 5.64. The van der Waals surface area contributed by atoms with Gasteiger partial charge in [0.1, 0.15) is 0 Å². The summed E-state index contributed by atoms with van der Waals surface area (Å²) in [6.07, 6.45) is 2.50. The number of likely N-dealkylation sites (tertiary alicyclic amines) is 1. The Morgan fingerprint density at radius 1 is 1.18 bits per heavy atom. The number of carbonyl (C=O) groups excluding carboxylic acids is 2. The van der Waals surface area contributed by atoms with Crippen molar-refractivity contribution in [2.75, 3.05) is 33.3 Å². The van der Waals surface area contributed by atoms with Crippen molar-refractivity contribution in [3.8, 4) is 0 Å². The van der Waals surface area contributed by atoms with E-state index < -0.39 is 11.9 Å². The molecule has 2 fully saturated rings. The lowest BCUT2D eigenvalue weighted by atomic mass is 9.88. The van der Waals surface area contributed by atoms with Crippen molar-refractivity contribution in [3.63, 3.8) is 0 Å². The maximum atomic E-state index is 13.1. The van der Waals surface area contributed by atoms with Crippen molar-refractivity contribution in [2.24, 2.45) is 11.8 Å². The minimum Gasteiger partial charge on any atom is -0.481 e. The van der Waals surface area contributed by atoms with E-state index in [1.54, 1.807) is 11.9 Å². The van der Waals surface area contributed by atoms with Crippen LogP contribution in [-0.2, 0) is 19.1 Å². The second-order valence-corrected chi connectivity index (χ2v) is 7.66. The summed E-state index contributed by atoms with van der Waals surface area (Å²) in [5, 5.41) is 9.20. The second-order valence-electron chi connectivity index (χ2n) is 7.66. The van der Waals surface area contributed by atoms with Gasteiger partial charge >= 0.3 is 5.97 Å². The molecule has 0 saturated carbocycles. The van der Waals surface area contributed by atoms with Crippen LogP contribution >= 0.6 is 0 Å². The normalized spacial score (nSPS) is 25.2. The molecule has 3 unspecified atom stereocenters. The average Bonchev–Trinajstić information content (AvgIpc) is 2.73. The van der Waals surface area contributed by atoms with Gasteiger partial charge in [0.25, 0.3) is 0 Å². The number of carboxylic acids is 1. The van der Waals surface area contributed by atoms with Crippen LogP contribution in [0.3, 0.4) is 0 Å². The van der Waals surface area contributed by atoms with Gasteiger partial charge in [-0.25, -0.2) is 0 Å². The van der Waals surface area contributed by atoms with Crippen molar-refractivity contribution >= 4 is 17.8 Å². The number of benzene rings is 1. The van der Waals surface area contributed by atoms with E-state index in [0.717, 1.165) is 18.4 Å². The Labute approximate surface area is 165 Å². The fraction of sp³-hybridized carbons (Fsp3) is 0.571. The highest BCUT2D eigenvalue weighted by molar-refractivity contribution is 5.86. The summed E-state index contributed by atoms with van der Waals surface area (Å²) < 4.78 is 5.90. The first-order valence-corrected chi connectivity index (χ1v) is 9.89. The molecule has 1 aromatic rings. The Balaban J connectivity index is 1.62. The Bertz CT molecular complexity index is 708. The zero-order valence-electron chi connectivity index (χ0n) is 16.3. The molecule has 2 aliphatic rings.